The summed E-state index contributed by atoms with van der Waals surface area (Å²) < 4.78 is 1.90. The largest absolute Gasteiger partial charge is 0.273 e. The minimum absolute atomic E-state index is 0.178. The third kappa shape index (κ3) is 2.71. The van der Waals surface area contributed by atoms with Gasteiger partial charge < -0.3 is 0 Å². The summed E-state index contributed by atoms with van der Waals surface area (Å²) >= 11 is 1.47. The summed E-state index contributed by atoms with van der Waals surface area (Å²) in [4.78, 5) is 11.2. The van der Waals surface area contributed by atoms with Crippen LogP contribution in [0.5, 0.6) is 0 Å². The molecule has 0 aromatic heterocycles. The van der Waals surface area contributed by atoms with E-state index in [1.807, 2.05) is 24.5 Å². The number of hydrogen-bond acceptors (Lipinski definition) is 4. The summed E-state index contributed by atoms with van der Waals surface area (Å²) in [5, 5.41) is 10.6. The van der Waals surface area contributed by atoms with Gasteiger partial charge in [0, 0.05) is 16.5 Å². The van der Waals surface area contributed by atoms with E-state index in [-0.39, 0.29) is 10.6 Å². The molecule has 0 fully saturated rings. The van der Waals surface area contributed by atoms with Crippen molar-refractivity contribution in [3.63, 3.8) is 0 Å². The van der Waals surface area contributed by atoms with E-state index in [9.17, 15) is 10.1 Å². The van der Waals surface area contributed by atoms with Gasteiger partial charge >= 0.3 is 0 Å². The predicted molar refractivity (Wildman–Crippen MR) is 57.4 cm³/mol. The molecule has 0 heterocycles. The lowest BCUT2D eigenvalue weighted by atomic mass is 10.2. The van der Waals surface area contributed by atoms with Crippen LogP contribution in [0.4, 0.5) is 5.69 Å². The van der Waals surface area contributed by atoms with Crippen molar-refractivity contribution in [1.29, 1.82) is 0 Å². The second kappa shape index (κ2) is 4.43. The van der Waals surface area contributed by atoms with Crippen molar-refractivity contribution >= 4 is 17.6 Å². The highest BCUT2D eigenvalue weighted by Crippen LogP contribution is 2.26. The van der Waals surface area contributed by atoms with E-state index in [2.05, 4.69) is 0 Å². The van der Waals surface area contributed by atoms with Crippen LogP contribution < -0.4 is 0 Å². The normalized spacial score (nSPS) is 10.6. The lowest BCUT2D eigenvalue weighted by molar-refractivity contribution is -0.385. The topological polar surface area (TPSA) is 46.4 Å². The van der Waals surface area contributed by atoms with Gasteiger partial charge in [-0.15, -0.1) is 0 Å². The molecule has 0 bridgehead atoms. The fourth-order valence-electron chi connectivity index (χ4n) is 1.05. The average Bonchev–Trinajstić information content (AvgIpc) is 2.07. The number of aryl methyl sites for hydroxylation is 1. The SMILES string of the molecule is Cc1ccc(SN(C)C)cc1[N+](=O)[O-]. The summed E-state index contributed by atoms with van der Waals surface area (Å²) in [6.07, 6.45) is 0. The number of hydrogen-bond donors (Lipinski definition) is 0. The van der Waals surface area contributed by atoms with Gasteiger partial charge in [-0.1, -0.05) is 6.07 Å². The molecule has 0 saturated heterocycles. The summed E-state index contributed by atoms with van der Waals surface area (Å²) in [5.74, 6) is 0. The zero-order chi connectivity index (χ0) is 10.7. The molecule has 76 valence electrons. The Morgan fingerprint density at radius 3 is 2.57 bits per heavy atom. The molecule has 14 heavy (non-hydrogen) atoms. The molecular weight excluding hydrogens is 200 g/mol. The summed E-state index contributed by atoms with van der Waals surface area (Å²) in [6, 6.07) is 5.25. The Bertz CT molecular complexity index is 353. The number of nitro benzene ring substituents is 1. The standard InChI is InChI=1S/C9H12N2O2S/c1-7-4-5-8(14-10(2)3)6-9(7)11(12)13/h4-6H,1-3H3. The summed E-state index contributed by atoms with van der Waals surface area (Å²) in [5.41, 5.74) is 0.870. The van der Waals surface area contributed by atoms with E-state index >= 15 is 0 Å². The number of benzene rings is 1. The zero-order valence-electron chi connectivity index (χ0n) is 8.35. The van der Waals surface area contributed by atoms with Gasteiger partial charge in [-0.05, 0) is 39.0 Å². The van der Waals surface area contributed by atoms with Crippen LogP contribution in [0.15, 0.2) is 23.1 Å². The molecule has 0 unspecified atom stereocenters. The zero-order valence-corrected chi connectivity index (χ0v) is 9.17. The summed E-state index contributed by atoms with van der Waals surface area (Å²) in [7, 11) is 3.80. The fourth-order valence-corrected chi connectivity index (χ4v) is 1.77. The molecule has 1 rings (SSSR count). The smallest absolute Gasteiger partial charge is 0.258 e. The molecular formula is C9H12N2O2S. The first kappa shape index (κ1) is 11.0. The van der Waals surface area contributed by atoms with E-state index in [1.54, 1.807) is 19.1 Å². The van der Waals surface area contributed by atoms with Crippen LogP contribution in [0.3, 0.4) is 0 Å². The lowest BCUT2D eigenvalue weighted by Gasteiger charge is -2.08. The first-order valence-corrected chi connectivity index (χ1v) is 4.88. The third-order valence-corrected chi connectivity index (χ3v) is 2.50. The van der Waals surface area contributed by atoms with Crippen LogP contribution in [0.1, 0.15) is 5.56 Å². The first-order chi connectivity index (χ1) is 6.50. The van der Waals surface area contributed by atoms with Gasteiger partial charge in [0.2, 0.25) is 0 Å². The minimum Gasteiger partial charge on any atom is -0.258 e. The Labute approximate surface area is 87.2 Å². The number of nitrogens with zero attached hydrogens (tertiary/aromatic N) is 2. The Balaban J connectivity index is 3.00. The molecule has 0 spiro atoms. The Morgan fingerprint density at radius 1 is 1.43 bits per heavy atom. The maximum absolute atomic E-state index is 10.6. The number of rotatable bonds is 3. The maximum Gasteiger partial charge on any atom is 0.273 e. The van der Waals surface area contributed by atoms with Gasteiger partial charge in [0.15, 0.2) is 0 Å². The second-order valence-corrected chi connectivity index (χ2v) is 4.49. The lowest BCUT2D eigenvalue weighted by Crippen LogP contribution is -1.99. The van der Waals surface area contributed by atoms with Crippen molar-refractivity contribution in [2.24, 2.45) is 0 Å². The molecule has 0 saturated carbocycles. The minimum atomic E-state index is -0.352. The van der Waals surface area contributed by atoms with Crippen LogP contribution in [0.25, 0.3) is 0 Å². The first-order valence-electron chi connectivity index (χ1n) is 4.11. The van der Waals surface area contributed by atoms with Crippen molar-refractivity contribution in [1.82, 2.24) is 4.31 Å². The highest BCUT2D eigenvalue weighted by atomic mass is 32.2. The highest BCUT2D eigenvalue weighted by molar-refractivity contribution is 7.97. The van der Waals surface area contributed by atoms with Gasteiger partial charge in [-0.2, -0.15) is 0 Å². The van der Waals surface area contributed by atoms with Crippen LogP contribution in [0, 0.1) is 17.0 Å². The van der Waals surface area contributed by atoms with Crippen molar-refractivity contribution in [2.75, 3.05) is 14.1 Å². The van der Waals surface area contributed by atoms with E-state index in [4.69, 9.17) is 0 Å². The maximum atomic E-state index is 10.6. The van der Waals surface area contributed by atoms with Gasteiger partial charge in [0.05, 0.1) is 4.92 Å². The second-order valence-electron chi connectivity index (χ2n) is 3.11. The Morgan fingerprint density at radius 2 is 2.07 bits per heavy atom. The van der Waals surface area contributed by atoms with Gasteiger partial charge in [0.25, 0.3) is 5.69 Å². The van der Waals surface area contributed by atoms with Gasteiger partial charge in [-0.3, -0.25) is 14.4 Å². The van der Waals surface area contributed by atoms with Gasteiger partial charge in [-0.25, -0.2) is 0 Å². The molecule has 0 radical (unpaired) electrons. The third-order valence-electron chi connectivity index (χ3n) is 1.67. The number of nitro groups is 1. The van der Waals surface area contributed by atoms with Crippen molar-refractivity contribution in [2.45, 2.75) is 11.8 Å². The monoisotopic (exact) mass is 212 g/mol. The molecule has 1 aromatic carbocycles. The Kier molecular flexibility index (Phi) is 3.49. The van der Waals surface area contributed by atoms with Crippen molar-refractivity contribution < 1.29 is 4.92 Å². The van der Waals surface area contributed by atoms with Crippen molar-refractivity contribution in [3.8, 4) is 0 Å². The molecule has 1 aromatic rings. The molecule has 0 aliphatic carbocycles. The summed E-state index contributed by atoms with van der Waals surface area (Å²) in [6.45, 7) is 1.74. The molecule has 4 nitrogen and oxygen atoms in total. The molecule has 0 aliphatic rings. The molecule has 0 amide bonds. The molecule has 0 N–H and O–H groups in total. The van der Waals surface area contributed by atoms with Crippen LogP contribution in [-0.2, 0) is 0 Å². The molecule has 0 aliphatic heterocycles. The quantitative estimate of drug-likeness (QED) is 0.438. The Hall–Kier alpha value is -1.07. The molecule has 0 atom stereocenters. The predicted octanol–water partition coefficient (Wildman–Crippen LogP) is 2.47. The van der Waals surface area contributed by atoms with Crippen molar-refractivity contribution in [3.05, 3.63) is 33.9 Å². The average molecular weight is 212 g/mol. The van der Waals surface area contributed by atoms with Crippen LogP contribution >= 0.6 is 11.9 Å². The highest BCUT2D eigenvalue weighted by Gasteiger charge is 2.11. The van der Waals surface area contributed by atoms with E-state index in [0.29, 0.717) is 5.56 Å². The van der Waals surface area contributed by atoms with Crippen LogP contribution in [0.2, 0.25) is 0 Å². The van der Waals surface area contributed by atoms with Crippen LogP contribution in [-0.4, -0.2) is 23.3 Å². The van der Waals surface area contributed by atoms with E-state index < -0.39 is 0 Å². The van der Waals surface area contributed by atoms with E-state index in [0.717, 1.165) is 4.90 Å². The fraction of sp³-hybridized carbons (Fsp3) is 0.333. The van der Waals surface area contributed by atoms with Gasteiger partial charge in [0.1, 0.15) is 0 Å². The van der Waals surface area contributed by atoms with E-state index in [1.165, 1.54) is 11.9 Å². The molecule has 5 heteroatoms.